The maximum atomic E-state index is 13.4. The fourth-order valence-corrected chi connectivity index (χ4v) is 4.38. The third-order valence-corrected chi connectivity index (χ3v) is 6.37. The van der Waals surface area contributed by atoms with E-state index in [9.17, 15) is 9.18 Å². The van der Waals surface area contributed by atoms with Gasteiger partial charge in [0.25, 0.3) is 5.91 Å². The van der Waals surface area contributed by atoms with E-state index in [0.717, 1.165) is 42.8 Å². The van der Waals surface area contributed by atoms with Gasteiger partial charge in [-0.1, -0.05) is 19.1 Å². The van der Waals surface area contributed by atoms with E-state index in [1.54, 1.807) is 31.4 Å². The van der Waals surface area contributed by atoms with E-state index in [0.29, 0.717) is 30.4 Å². The largest absolute Gasteiger partial charge is 0.497 e. The van der Waals surface area contributed by atoms with Crippen molar-refractivity contribution in [3.63, 3.8) is 0 Å². The maximum Gasteiger partial charge on any atom is 0.257 e. The second-order valence-electron chi connectivity index (χ2n) is 8.58. The molecule has 1 fully saturated rings. The number of hydrogen-bond donors (Lipinski definition) is 0. The Hall–Kier alpha value is -2.93. The van der Waals surface area contributed by atoms with Gasteiger partial charge in [-0.2, -0.15) is 5.10 Å². The monoisotopic (exact) mass is 439 g/mol. The second kappa shape index (κ2) is 9.69. The Kier molecular flexibility index (Phi) is 6.74. The molecular weight excluding hydrogens is 409 g/mol. The number of carbonyl (C=O) groups excluding carboxylic acids is 1. The zero-order chi connectivity index (χ0) is 22.7. The Morgan fingerprint density at radius 2 is 1.81 bits per heavy atom. The van der Waals surface area contributed by atoms with Crippen molar-refractivity contribution < 1.29 is 18.7 Å². The molecule has 2 aromatic rings. The van der Waals surface area contributed by atoms with Crippen molar-refractivity contribution in [1.82, 2.24) is 9.91 Å². The minimum atomic E-state index is -0.323. The molecule has 32 heavy (non-hydrogen) atoms. The molecule has 2 aromatic carbocycles. The number of halogens is 1. The van der Waals surface area contributed by atoms with Crippen LogP contribution in [0.5, 0.6) is 11.5 Å². The number of amides is 1. The molecule has 0 aromatic heterocycles. The standard InChI is InChI=1S/C25H30FN3O3/c1-17-10-12-28(13-11-17)16-25(30)29-23(21-14-20(31-2)8-9-24(21)32-3)15-22(27-29)18-4-6-19(26)7-5-18/h4-9,14,17,23H,10-13,15-16H2,1-3H3. The van der Waals surface area contributed by atoms with Crippen LogP contribution in [0.4, 0.5) is 4.39 Å². The van der Waals surface area contributed by atoms with Gasteiger partial charge in [-0.15, -0.1) is 0 Å². The summed E-state index contributed by atoms with van der Waals surface area (Å²) in [6, 6.07) is 11.5. The summed E-state index contributed by atoms with van der Waals surface area (Å²) in [5, 5.41) is 6.29. The van der Waals surface area contributed by atoms with Crippen LogP contribution in [0.15, 0.2) is 47.6 Å². The van der Waals surface area contributed by atoms with Crippen LogP contribution in [0, 0.1) is 11.7 Å². The summed E-state index contributed by atoms with van der Waals surface area (Å²) in [7, 11) is 3.23. The van der Waals surface area contributed by atoms with Crippen LogP contribution in [0.25, 0.3) is 0 Å². The minimum absolute atomic E-state index is 0.0495. The van der Waals surface area contributed by atoms with Crippen molar-refractivity contribution in [3.05, 3.63) is 59.4 Å². The first-order valence-electron chi connectivity index (χ1n) is 11.1. The van der Waals surface area contributed by atoms with E-state index in [-0.39, 0.29) is 17.8 Å². The lowest BCUT2D eigenvalue weighted by atomic mass is 9.97. The number of rotatable bonds is 6. The molecule has 2 heterocycles. The number of likely N-dealkylation sites (tertiary alicyclic amines) is 1. The Morgan fingerprint density at radius 3 is 2.47 bits per heavy atom. The van der Waals surface area contributed by atoms with E-state index in [2.05, 4.69) is 11.8 Å². The first-order chi connectivity index (χ1) is 15.5. The van der Waals surface area contributed by atoms with Crippen LogP contribution < -0.4 is 9.47 Å². The Morgan fingerprint density at radius 1 is 1.09 bits per heavy atom. The SMILES string of the molecule is COc1ccc(OC)c(C2CC(c3ccc(F)cc3)=NN2C(=O)CN2CCC(C)CC2)c1. The highest BCUT2D eigenvalue weighted by atomic mass is 19.1. The number of nitrogens with zero attached hydrogens (tertiary/aromatic N) is 3. The van der Waals surface area contributed by atoms with Crippen LogP contribution in [-0.2, 0) is 4.79 Å². The number of hydrogen-bond acceptors (Lipinski definition) is 5. The van der Waals surface area contributed by atoms with Gasteiger partial charge in [0.2, 0.25) is 0 Å². The Labute approximate surface area is 188 Å². The number of hydrazone groups is 1. The molecule has 1 unspecified atom stereocenters. The average Bonchev–Trinajstić information content (AvgIpc) is 3.26. The Bertz CT molecular complexity index is 984. The van der Waals surface area contributed by atoms with Gasteiger partial charge in [0.1, 0.15) is 17.3 Å². The summed E-state index contributed by atoms with van der Waals surface area (Å²) in [4.78, 5) is 15.6. The summed E-state index contributed by atoms with van der Waals surface area (Å²) >= 11 is 0. The molecule has 0 aliphatic carbocycles. The van der Waals surface area contributed by atoms with Crippen molar-refractivity contribution >= 4 is 11.6 Å². The number of ether oxygens (including phenoxy) is 2. The smallest absolute Gasteiger partial charge is 0.257 e. The van der Waals surface area contributed by atoms with E-state index in [4.69, 9.17) is 14.6 Å². The molecule has 6 nitrogen and oxygen atoms in total. The molecule has 0 saturated carbocycles. The van der Waals surface area contributed by atoms with Crippen LogP contribution >= 0.6 is 0 Å². The molecule has 4 rings (SSSR count). The lowest BCUT2D eigenvalue weighted by molar-refractivity contribution is -0.134. The van der Waals surface area contributed by atoms with E-state index < -0.39 is 0 Å². The molecule has 1 saturated heterocycles. The summed E-state index contributed by atoms with van der Waals surface area (Å²) in [5.41, 5.74) is 2.40. The molecule has 2 aliphatic rings. The summed E-state index contributed by atoms with van der Waals surface area (Å²) in [5.74, 6) is 1.71. The molecule has 1 atom stereocenters. The van der Waals surface area contributed by atoms with E-state index >= 15 is 0 Å². The third kappa shape index (κ3) is 4.78. The second-order valence-corrected chi connectivity index (χ2v) is 8.58. The molecule has 1 amide bonds. The minimum Gasteiger partial charge on any atom is -0.497 e. The number of benzene rings is 2. The van der Waals surface area contributed by atoms with Gasteiger partial charge in [0.15, 0.2) is 0 Å². The Balaban J connectivity index is 1.65. The normalized spacial score (nSPS) is 19.7. The van der Waals surface area contributed by atoms with Gasteiger partial charge in [-0.3, -0.25) is 9.69 Å². The zero-order valence-electron chi connectivity index (χ0n) is 18.9. The molecule has 7 heteroatoms. The maximum absolute atomic E-state index is 13.4. The highest BCUT2D eigenvalue weighted by Gasteiger charge is 2.36. The zero-order valence-corrected chi connectivity index (χ0v) is 18.9. The fourth-order valence-electron chi connectivity index (χ4n) is 4.38. The van der Waals surface area contributed by atoms with Crippen molar-refractivity contribution in [2.75, 3.05) is 33.9 Å². The molecule has 2 aliphatic heterocycles. The summed E-state index contributed by atoms with van der Waals surface area (Å²) < 4.78 is 24.5. The predicted molar refractivity (Wildman–Crippen MR) is 122 cm³/mol. The highest BCUT2D eigenvalue weighted by Crippen LogP contribution is 2.39. The lowest BCUT2D eigenvalue weighted by Gasteiger charge is -2.31. The quantitative estimate of drug-likeness (QED) is 0.675. The molecule has 170 valence electrons. The van der Waals surface area contributed by atoms with Crippen LogP contribution in [0.1, 0.15) is 43.4 Å². The highest BCUT2D eigenvalue weighted by molar-refractivity contribution is 6.03. The topological polar surface area (TPSA) is 54.4 Å². The molecule has 0 spiro atoms. The van der Waals surface area contributed by atoms with E-state index in [1.165, 1.54) is 12.1 Å². The van der Waals surface area contributed by atoms with Gasteiger partial charge >= 0.3 is 0 Å². The predicted octanol–water partition coefficient (Wildman–Crippen LogP) is 4.25. The van der Waals surface area contributed by atoms with Crippen LogP contribution in [0.3, 0.4) is 0 Å². The van der Waals surface area contributed by atoms with Crippen LogP contribution in [0.2, 0.25) is 0 Å². The van der Waals surface area contributed by atoms with Crippen molar-refractivity contribution in [1.29, 1.82) is 0 Å². The van der Waals surface area contributed by atoms with Crippen molar-refractivity contribution in [2.24, 2.45) is 11.0 Å². The lowest BCUT2D eigenvalue weighted by Crippen LogP contribution is -2.41. The summed E-state index contributed by atoms with van der Waals surface area (Å²) in [6.07, 6.45) is 2.72. The van der Waals surface area contributed by atoms with Crippen molar-refractivity contribution in [3.8, 4) is 11.5 Å². The van der Waals surface area contributed by atoms with Gasteiger partial charge in [-0.05, 0) is 67.7 Å². The van der Waals surface area contributed by atoms with Gasteiger partial charge in [0.05, 0.1) is 32.5 Å². The molecular formula is C25H30FN3O3. The van der Waals surface area contributed by atoms with Gasteiger partial charge < -0.3 is 9.47 Å². The van der Waals surface area contributed by atoms with Crippen LogP contribution in [-0.4, -0.2) is 55.4 Å². The number of methoxy groups -OCH3 is 2. The fraction of sp³-hybridized carbons (Fsp3) is 0.440. The van der Waals surface area contributed by atoms with Gasteiger partial charge in [-0.25, -0.2) is 9.40 Å². The number of carbonyl (C=O) groups is 1. The molecule has 0 N–H and O–H groups in total. The number of piperidine rings is 1. The van der Waals surface area contributed by atoms with E-state index in [1.807, 2.05) is 18.2 Å². The molecule has 0 bridgehead atoms. The third-order valence-electron chi connectivity index (χ3n) is 6.37. The average molecular weight is 440 g/mol. The first-order valence-corrected chi connectivity index (χ1v) is 11.1. The summed E-state index contributed by atoms with van der Waals surface area (Å²) in [6.45, 7) is 4.42. The van der Waals surface area contributed by atoms with Gasteiger partial charge in [0, 0.05) is 12.0 Å². The van der Waals surface area contributed by atoms with Crippen molar-refractivity contribution in [2.45, 2.75) is 32.2 Å². The first kappa shape index (κ1) is 22.3. The molecule has 0 radical (unpaired) electrons.